The van der Waals surface area contributed by atoms with Crippen molar-refractivity contribution in [2.45, 2.75) is 31.7 Å². The van der Waals surface area contributed by atoms with Crippen LogP contribution in [0.2, 0.25) is 0 Å². The molecule has 0 aromatic carbocycles. The lowest BCUT2D eigenvalue weighted by Gasteiger charge is -2.32. The fourth-order valence-electron chi connectivity index (χ4n) is 2.75. The van der Waals surface area contributed by atoms with Crippen LogP contribution in [0, 0.1) is 5.92 Å². The third-order valence-electron chi connectivity index (χ3n) is 3.72. The Bertz CT molecular complexity index is 256. The van der Waals surface area contributed by atoms with Crippen LogP contribution in [0.25, 0.3) is 0 Å². The first-order chi connectivity index (χ1) is 7.83. The average Bonchev–Trinajstić information content (AvgIpc) is 2.85. The summed E-state index contributed by atoms with van der Waals surface area (Å²) < 4.78 is 0. The second-order valence-corrected chi connectivity index (χ2v) is 4.75. The molecule has 0 aromatic rings. The molecule has 1 saturated carbocycles. The number of hydrogen-bond donors (Lipinski definition) is 1. The van der Waals surface area contributed by atoms with Gasteiger partial charge in [-0.05, 0) is 12.8 Å². The van der Waals surface area contributed by atoms with E-state index < -0.39 is 6.04 Å². The lowest BCUT2D eigenvalue weighted by molar-refractivity contribution is -0.132. The normalized spacial score (nSPS) is 25.5. The molecular formula is C12H20N2O2. The lowest BCUT2D eigenvalue weighted by atomic mass is 9.96. The van der Waals surface area contributed by atoms with E-state index in [4.69, 9.17) is 0 Å². The topological polar surface area (TPSA) is 49.4 Å². The molecule has 1 N–H and O–H groups in total. The summed E-state index contributed by atoms with van der Waals surface area (Å²) in [7, 11) is 0. The van der Waals surface area contributed by atoms with Crippen molar-refractivity contribution in [1.29, 1.82) is 0 Å². The molecule has 0 radical (unpaired) electrons. The highest BCUT2D eigenvalue weighted by Crippen LogP contribution is 2.27. The van der Waals surface area contributed by atoms with Gasteiger partial charge < -0.3 is 10.1 Å². The summed E-state index contributed by atoms with van der Waals surface area (Å²) in [4.78, 5) is 25.3. The van der Waals surface area contributed by atoms with Gasteiger partial charge in [0.05, 0.1) is 0 Å². The fourth-order valence-corrected chi connectivity index (χ4v) is 2.75. The van der Waals surface area contributed by atoms with Gasteiger partial charge in [-0.3, -0.25) is 9.69 Å². The highest BCUT2D eigenvalue weighted by atomic mass is 16.1. The minimum atomic E-state index is -0.481. The molecular weight excluding hydrogens is 204 g/mol. The van der Waals surface area contributed by atoms with Crippen LogP contribution in [0.1, 0.15) is 25.7 Å². The van der Waals surface area contributed by atoms with Crippen molar-refractivity contribution in [1.82, 2.24) is 10.2 Å². The maximum Gasteiger partial charge on any atom is 0.160 e. The van der Waals surface area contributed by atoms with E-state index in [-0.39, 0.29) is 11.7 Å². The average molecular weight is 224 g/mol. The maximum atomic E-state index is 12.2. The van der Waals surface area contributed by atoms with E-state index in [9.17, 15) is 9.59 Å². The van der Waals surface area contributed by atoms with Crippen LogP contribution < -0.4 is 5.32 Å². The smallest absolute Gasteiger partial charge is 0.160 e. The van der Waals surface area contributed by atoms with Gasteiger partial charge in [-0.25, -0.2) is 0 Å². The number of carbonyl (C=O) groups is 2. The van der Waals surface area contributed by atoms with E-state index >= 15 is 0 Å². The first-order valence-electron chi connectivity index (χ1n) is 6.26. The zero-order chi connectivity index (χ0) is 11.4. The van der Waals surface area contributed by atoms with E-state index in [1.54, 1.807) is 0 Å². The van der Waals surface area contributed by atoms with Crippen LogP contribution in [-0.4, -0.2) is 49.2 Å². The molecule has 90 valence electrons. The highest BCUT2D eigenvalue weighted by Gasteiger charge is 2.33. The van der Waals surface area contributed by atoms with Gasteiger partial charge in [0.2, 0.25) is 0 Å². The van der Waals surface area contributed by atoms with E-state index in [0.29, 0.717) is 0 Å². The number of nitrogens with zero attached hydrogens (tertiary/aromatic N) is 1. The summed E-state index contributed by atoms with van der Waals surface area (Å²) in [6.45, 7) is 3.37. The molecule has 2 rings (SSSR count). The molecule has 1 unspecified atom stereocenters. The molecule has 1 saturated heterocycles. The highest BCUT2D eigenvalue weighted by molar-refractivity contribution is 5.98. The second-order valence-electron chi connectivity index (χ2n) is 4.75. The number of Topliss-reactive ketones (excluding diaryl/α,β-unsaturated/α-hetero) is 1. The van der Waals surface area contributed by atoms with Gasteiger partial charge in [0.1, 0.15) is 12.3 Å². The molecule has 2 fully saturated rings. The Labute approximate surface area is 96.4 Å². The number of ketones is 1. The monoisotopic (exact) mass is 224 g/mol. The van der Waals surface area contributed by atoms with Crippen LogP contribution in [0.3, 0.4) is 0 Å². The molecule has 0 aromatic heterocycles. The quantitative estimate of drug-likeness (QED) is 0.548. The number of rotatable bonds is 4. The van der Waals surface area contributed by atoms with Crippen LogP contribution in [-0.2, 0) is 9.59 Å². The first kappa shape index (κ1) is 11.7. The van der Waals surface area contributed by atoms with Crippen LogP contribution in [0.4, 0.5) is 0 Å². The Morgan fingerprint density at radius 1 is 1.25 bits per heavy atom. The summed E-state index contributed by atoms with van der Waals surface area (Å²) in [6.07, 6.45) is 5.09. The number of aldehydes is 1. The van der Waals surface area contributed by atoms with Crippen molar-refractivity contribution >= 4 is 12.1 Å². The van der Waals surface area contributed by atoms with E-state index in [1.165, 1.54) is 0 Å². The molecule has 2 aliphatic rings. The summed E-state index contributed by atoms with van der Waals surface area (Å²) in [5.41, 5.74) is 0. The standard InChI is InChI=1S/C12H20N2O2/c15-9-11(14-7-5-13-6-8-14)12(16)10-3-1-2-4-10/h9-11,13H,1-8H2. The number of hydrogen-bond acceptors (Lipinski definition) is 4. The third-order valence-corrected chi connectivity index (χ3v) is 3.72. The fraction of sp³-hybridized carbons (Fsp3) is 0.833. The van der Waals surface area contributed by atoms with Crippen molar-refractivity contribution in [2.75, 3.05) is 26.2 Å². The van der Waals surface area contributed by atoms with Crippen molar-refractivity contribution in [3.05, 3.63) is 0 Å². The number of nitrogens with one attached hydrogen (secondary N) is 1. The Hall–Kier alpha value is -0.740. The van der Waals surface area contributed by atoms with E-state index in [0.717, 1.165) is 58.1 Å². The van der Waals surface area contributed by atoms with Crippen LogP contribution >= 0.6 is 0 Å². The van der Waals surface area contributed by atoms with Gasteiger partial charge in [-0.15, -0.1) is 0 Å². The molecule has 0 amide bonds. The summed E-state index contributed by atoms with van der Waals surface area (Å²) >= 11 is 0. The molecule has 1 aliphatic carbocycles. The second kappa shape index (κ2) is 5.55. The van der Waals surface area contributed by atoms with Crippen molar-refractivity contribution < 1.29 is 9.59 Å². The minimum absolute atomic E-state index is 0.144. The van der Waals surface area contributed by atoms with Gasteiger partial charge >= 0.3 is 0 Å². The Morgan fingerprint density at radius 3 is 2.44 bits per heavy atom. The predicted octanol–water partition coefficient (Wildman–Crippen LogP) is 0.218. The SMILES string of the molecule is O=CC(C(=O)C1CCCC1)N1CCNCC1. The Morgan fingerprint density at radius 2 is 1.88 bits per heavy atom. The van der Waals surface area contributed by atoms with Gasteiger partial charge in [0.15, 0.2) is 5.78 Å². The number of piperazine rings is 1. The predicted molar refractivity (Wildman–Crippen MR) is 61.3 cm³/mol. The Balaban J connectivity index is 1.96. The Kier molecular flexibility index (Phi) is 4.07. The molecule has 4 nitrogen and oxygen atoms in total. The molecule has 1 heterocycles. The molecule has 1 atom stereocenters. The van der Waals surface area contributed by atoms with E-state index in [1.807, 2.05) is 4.90 Å². The molecule has 4 heteroatoms. The van der Waals surface area contributed by atoms with E-state index in [2.05, 4.69) is 5.32 Å². The largest absolute Gasteiger partial charge is 0.314 e. The molecule has 0 spiro atoms. The first-order valence-corrected chi connectivity index (χ1v) is 6.26. The van der Waals surface area contributed by atoms with Crippen molar-refractivity contribution in [2.24, 2.45) is 5.92 Å². The van der Waals surface area contributed by atoms with Crippen molar-refractivity contribution in [3.63, 3.8) is 0 Å². The summed E-state index contributed by atoms with van der Waals surface area (Å²) in [5.74, 6) is 0.305. The van der Waals surface area contributed by atoms with Crippen LogP contribution in [0.5, 0.6) is 0 Å². The van der Waals surface area contributed by atoms with Gasteiger partial charge in [0.25, 0.3) is 0 Å². The minimum Gasteiger partial charge on any atom is -0.314 e. The third kappa shape index (κ3) is 2.50. The van der Waals surface area contributed by atoms with Crippen molar-refractivity contribution in [3.8, 4) is 0 Å². The van der Waals surface area contributed by atoms with Gasteiger partial charge in [-0.2, -0.15) is 0 Å². The zero-order valence-electron chi connectivity index (χ0n) is 9.65. The lowest BCUT2D eigenvalue weighted by Crippen LogP contribution is -2.52. The zero-order valence-corrected chi connectivity index (χ0v) is 9.65. The molecule has 16 heavy (non-hydrogen) atoms. The molecule has 1 aliphatic heterocycles. The van der Waals surface area contributed by atoms with Gasteiger partial charge in [-0.1, -0.05) is 12.8 Å². The number of carbonyl (C=O) groups excluding carboxylic acids is 2. The maximum absolute atomic E-state index is 12.2. The summed E-state index contributed by atoms with van der Waals surface area (Å²) in [6, 6.07) is -0.481. The van der Waals surface area contributed by atoms with Gasteiger partial charge in [0, 0.05) is 32.1 Å². The summed E-state index contributed by atoms with van der Waals surface area (Å²) in [5, 5.41) is 3.23. The van der Waals surface area contributed by atoms with Crippen LogP contribution in [0.15, 0.2) is 0 Å². The molecule has 0 bridgehead atoms.